The minimum absolute atomic E-state index is 0.00565. The van der Waals surface area contributed by atoms with Gasteiger partial charge in [0.25, 0.3) is 0 Å². The highest BCUT2D eigenvalue weighted by Gasteiger charge is 2.42. The van der Waals surface area contributed by atoms with Crippen molar-refractivity contribution >= 4 is 27.1 Å². The molecule has 2 aliphatic rings. The van der Waals surface area contributed by atoms with Crippen LogP contribution in [0.3, 0.4) is 0 Å². The summed E-state index contributed by atoms with van der Waals surface area (Å²) < 4.78 is 38.0. The summed E-state index contributed by atoms with van der Waals surface area (Å²) in [5, 5.41) is 11.0. The number of rotatable bonds is 12. The van der Waals surface area contributed by atoms with Crippen LogP contribution in [0.25, 0.3) is 0 Å². The maximum atomic E-state index is 14.3. The molecule has 0 radical (unpaired) electrons. The van der Waals surface area contributed by atoms with Crippen LogP contribution in [-0.2, 0) is 27.5 Å². The summed E-state index contributed by atoms with van der Waals surface area (Å²) in [6.07, 6.45) is 6.66. The number of thiazole rings is 1. The van der Waals surface area contributed by atoms with E-state index in [1.807, 2.05) is 39.1 Å². The monoisotopic (exact) mass is 669 g/mol. The van der Waals surface area contributed by atoms with Gasteiger partial charge in [-0.1, -0.05) is 45.0 Å². The largest absolute Gasteiger partial charge is 0.480 e. The number of nitrogens with zero attached hydrogens (tertiary/aromatic N) is 3. The van der Waals surface area contributed by atoms with Crippen molar-refractivity contribution in [2.24, 2.45) is 11.8 Å². The number of piperidine rings is 1. The predicted octanol–water partition coefficient (Wildman–Crippen LogP) is 6.62. The number of sulfone groups is 1. The molecule has 1 aromatic heterocycles. The van der Waals surface area contributed by atoms with Gasteiger partial charge in [0.15, 0.2) is 9.84 Å². The Morgan fingerprint density at radius 1 is 1.13 bits per heavy atom. The number of aliphatic carboxylic acids is 1. The summed E-state index contributed by atoms with van der Waals surface area (Å²) in [4.78, 5) is 23.5. The summed E-state index contributed by atoms with van der Waals surface area (Å²) in [5.41, 5.74) is 3.25. The maximum Gasteiger partial charge on any atom is 0.321 e. The molecule has 1 N–H and O–H groups in total. The van der Waals surface area contributed by atoms with Crippen LogP contribution in [0.2, 0.25) is 0 Å². The molecule has 1 saturated heterocycles. The van der Waals surface area contributed by atoms with Gasteiger partial charge in [-0.2, -0.15) is 0 Å². The van der Waals surface area contributed by atoms with Crippen molar-refractivity contribution in [2.75, 3.05) is 32.9 Å². The Balaban J connectivity index is 1.25. The third kappa shape index (κ3) is 8.06. The second-order valence-corrected chi connectivity index (χ2v) is 16.8. The van der Waals surface area contributed by atoms with Gasteiger partial charge in [-0.25, -0.2) is 17.8 Å². The zero-order chi connectivity index (χ0) is 33.2. The van der Waals surface area contributed by atoms with Crippen molar-refractivity contribution in [3.8, 4) is 0 Å². The van der Waals surface area contributed by atoms with Crippen molar-refractivity contribution in [1.29, 1.82) is 0 Å². The number of halogens is 1. The number of carbonyl (C=O) groups is 1. The number of carboxylic acid groups (broad SMARTS) is 1. The summed E-state index contributed by atoms with van der Waals surface area (Å²) >= 11 is 1.80. The highest BCUT2D eigenvalue weighted by Crippen LogP contribution is 2.44. The first-order valence-corrected chi connectivity index (χ1v) is 19.2. The molecule has 3 aromatic rings. The quantitative estimate of drug-likeness (QED) is 0.232. The number of hydrogen-bond acceptors (Lipinski definition) is 7. The van der Waals surface area contributed by atoms with Gasteiger partial charge < -0.3 is 10.0 Å². The molecule has 7 nitrogen and oxygen atoms in total. The summed E-state index contributed by atoms with van der Waals surface area (Å²) in [7, 11) is -1.27. The molecular weight excluding hydrogens is 622 g/mol. The van der Waals surface area contributed by atoms with Gasteiger partial charge in [0.2, 0.25) is 0 Å². The van der Waals surface area contributed by atoms with Gasteiger partial charge in [-0.15, -0.1) is 11.3 Å². The highest BCUT2D eigenvalue weighted by molar-refractivity contribution is 7.90. The zero-order valence-electron chi connectivity index (χ0n) is 27.7. The number of carboxylic acids is 1. The average Bonchev–Trinajstić information content (AvgIpc) is 3.61. The van der Waals surface area contributed by atoms with Crippen LogP contribution in [0.4, 0.5) is 4.39 Å². The lowest BCUT2D eigenvalue weighted by molar-refractivity contribution is -0.145. The van der Waals surface area contributed by atoms with Crippen molar-refractivity contribution in [1.82, 2.24) is 14.8 Å². The lowest BCUT2D eigenvalue weighted by Gasteiger charge is -2.35. The number of aromatic nitrogens is 1. The average molecular weight is 670 g/mol. The number of aryl methyl sites for hydroxylation is 1. The lowest BCUT2D eigenvalue weighted by atomic mass is 9.87. The van der Waals surface area contributed by atoms with E-state index in [9.17, 15) is 22.7 Å². The van der Waals surface area contributed by atoms with E-state index in [-0.39, 0.29) is 23.7 Å². The Morgan fingerprint density at radius 3 is 2.41 bits per heavy atom. The molecule has 46 heavy (non-hydrogen) atoms. The molecule has 5 rings (SSSR count). The molecule has 1 aliphatic heterocycles. The first-order chi connectivity index (χ1) is 21.8. The summed E-state index contributed by atoms with van der Waals surface area (Å²) in [6, 6.07) is 13.7. The Kier molecular flexibility index (Phi) is 11.0. The zero-order valence-corrected chi connectivity index (χ0v) is 29.3. The van der Waals surface area contributed by atoms with Gasteiger partial charge in [-0.05, 0) is 111 Å². The van der Waals surface area contributed by atoms with Crippen LogP contribution < -0.4 is 0 Å². The highest BCUT2D eigenvalue weighted by atomic mass is 32.2. The van der Waals surface area contributed by atoms with Crippen molar-refractivity contribution < 1.29 is 22.7 Å². The van der Waals surface area contributed by atoms with Gasteiger partial charge >= 0.3 is 5.97 Å². The minimum Gasteiger partial charge on any atom is -0.480 e. The normalized spacial score (nSPS) is 22.1. The van der Waals surface area contributed by atoms with E-state index < -0.39 is 21.8 Å². The van der Waals surface area contributed by atoms with Crippen molar-refractivity contribution in [2.45, 2.75) is 88.1 Å². The van der Waals surface area contributed by atoms with E-state index in [1.165, 1.54) is 22.9 Å². The molecule has 1 saturated carbocycles. The predicted molar refractivity (Wildman–Crippen MR) is 182 cm³/mol. The second kappa shape index (κ2) is 14.6. The van der Waals surface area contributed by atoms with Crippen molar-refractivity contribution in [3.05, 3.63) is 81.1 Å². The molecule has 3 unspecified atom stereocenters. The fourth-order valence-electron chi connectivity index (χ4n) is 7.73. The van der Waals surface area contributed by atoms with Gasteiger partial charge in [0.1, 0.15) is 11.9 Å². The van der Waals surface area contributed by atoms with Crippen molar-refractivity contribution in [3.63, 3.8) is 0 Å². The van der Waals surface area contributed by atoms with Gasteiger partial charge in [0.05, 0.1) is 15.6 Å². The molecule has 0 bridgehead atoms. The smallest absolute Gasteiger partial charge is 0.321 e. The van der Waals surface area contributed by atoms with E-state index in [0.717, 1.165) is 67.9 Å². The Labute approximate surface area is 277 Å². The molecule has 2 fully saturated rings. The fourth-order valence-corrected chi connectivity index (χ4v) is 9.72. The molecule has 0 amide bonds. The van der Waals surface area contributed by atoms with Crippen LogP contribution in [-0.4, -0.2) is 79.3 Å². The van der Waals surface area contributed by atoms with Crippen LogP contribution in [0, 0.1) is 17.7 Å². The van der Waals surface area contributed by atoms with E-state index >= 15 is 0 Å². The van der Waals surface area contributed by atoms with E-state index in [1.54, 1.807) is 35.6 Å². The molecule has 0 spiro atoms. The minimum atomic E-state index is -3.22. The maximum absolute atomic E-state index is 14.3. The third-order valence-electron chi connectivity index (χ3n) is 10.1. The molecule has 2 heterocycles. The first kappa shape index (κ1) is 34.7. The second-order valence-electron chi connectivity index (χ2n) is 13.7. The van der Waals surface area contributed by atoms with Crippen LogP contribution >= 0.6 is 11.3 Å². The standard InChI is InChI=1S/C36H48FN3O4S2/c1-6-32-35(45-33(38-32)18-24-10-12-30(13-11-24)46(5,43)44)25-14-16-40(17-15-25)22-27-20-29(39(4)34(23(2)3)36(41)42)21-31(27)26-8-7-9-28(37)19-26/h7-13,19,23,25,27,29,31,34H,6,14-18,20-22H2,1-5H3,(H,41,42)/t27?,29?,31?,34-/m1/s1. The number of hydrogen-bond donors (Lipinski definition) is 1. The SMILES string of the molecule is CCc1nc(Cc2ccc(S(C)(=O)=O)cc2)sc1C1CCN(CC2CC(N(C)[C@@H](C(=O)O)C(C)C)CC2c2cccc(F)c2)CC1. The van der Waals surface area contributed by atoms with E-state index in [4.69, 9.17) is 4.98 Å². The first-order valence-electron chi connectivity index (χ1n) is 16.5. The molecule has 250 valence electrons. The Morgan fingerprint density at radius 2 is 1.83 bits per heavy atom. The molecule has 2 aromatic carbocycles. The third-order valence-corrected chi connectivity index (χ3v) is 12.5. The molecule has 4 atom stereocenters. The topological polar surface area (TPSA) is 90.8 Å². The number of likely N-dealkylation sites (tertiary alicyclic amines) is 1. The van der Waals surface area contributed by atoms with Crippen LogP contribution in [0.5, 0.6) is 0 Å². The van der Waals surface area contributed by atoms with Gasteiger partial charge in [-0.3, -0.25) is 9.69 Å². The van der Waals surface area contributed by atoms with E-state index in [2.05, 4.69) is 16.7 Å². The van der Waals surface area contributed by atoms with Crippen LogP contribution in [0.1, 0.15) is 85.0 Å². The summed E-state index contributed by atoms with van der Waals surface area (Å²) in [5.74, 6) is -0.0379. The van der Waals surface area contributed by atoms with E-state index in [0.29, 0.717) is 23.2 Å². The molecular formula is C36H48FN3O4S2. The number of benzene rings is 2. The molecule has 10 heteroatoms. The lowest BCUT2D eigenvalue weighted by Crippen LogP contribution is -2.47. The number of likely N-dealkylation sites (N-methyl/N-ethyl adjacent to an activating group) is 1. The Hall–Kier alpha value is -2.66. The Bertz CT molecular complexity index is 1600. The van der Waals surface area contributed by atoms with Crippen LogP contribution in [0.15, 0.2) is 53.4 Å². The summed E-state index contributed by atoms with van der Waals surface area (Å²) in [6.45, 7) is 8.99. The molecule has 1 aliphatic carbocycles. The fraction of sp³-hybridized carbons (Fsp3) is 0.556. The van der Waals surface area contributed by atoms with Gasteiger partial charge in [0, 0.05) is 30.1 Å².